The Labute approximate surface area is 108 Å². The molecule has 7 nitrogen and oxygen atoms in total. The first-order valence-electron chi connectivity index (χ1n) is 5.66. The molecular weight excluding hydrogens is 248 g/mol. The van der Waals surface area contributed by atoms with Crippen LogP contribution in [-0.4, -0.2) is 33.9 Å². The van der Waals surface area contributed by atoms with Crippen LogP contribution in [-0.2, 0) is 4.74 Å². The summed E-state index contributed by atoms with van der Waals surface area (Å²) in [6.45, 7) is 1.83. The molecule has 0 fully saturated rings. The molecule has 19 heavy (non-hydrogen) atoms. The summed E-state index contributed by atoms with van der Waals surface area (Å²) in [5, 5.41) is 9.82. The number of aromatic nitrogens is 3. The van der Waals surface area contributed by atoms with Crippen LogP contribution >= 0.6 is 0 Å². The van der Waals surface area contributed by atoms with Crippen molar-refractivity contribution in [1.29, 1.82) is 0 Å². The van der Waals surface area contributed by atoms with E-state index in [9.17, 15) is 9.59 Å². The molecule has 0 bridgehead atoms. The Morgan fingerprint density at radius 3 is 2.89 bits per heavy atom. The molecule has 0 aliphatic heterocycles. The van der Waals surface area contributed by atoms with E-state index in [-0.39, 0.29) is 12.3 Å². The maximum atomic E-state index is 11.8. The van der Waals surface area contributed by atoms with Gasteiger partial charge in [-0.05, 0) is 12.5 Å². The van der Waals surface area contributed by atoms with Crippen molar-refractivity contribution in [3.8, 4) is 0 Å². The van der Waals surface area contributed by atoms with E-state index in [4.69, 9.17) is 4.74 Å². The van der Waals surface area contributed by atoms with E-state index in [1.54, 1.807) is 6.92 Å². The van der Waals surface area contributed by atoms with E-state index in [2.05, 4.69) is 15.4 Å². The van der Waals surface area contributed by atoms with E-state index in [1.807, 2.05) is 30.3 Å². The lowest BCUT2D eigenvalue weighted by Gasteiger charge is -1.94. The first kappa shape index (κ1) is 12.7. The highest BCUT2D eigenvalue weighted by Gasteiger charge is 2.17. The van der Waals surface area contributed by atoms with Crippen molar-refractivity contribution in [2.45, 2.75) is 6.92 Å². The zero-order valence-electron chi connectivity index (χ0n) is 10.2. The molecule has 98 valence electrons. The fourth-order valence-electron chi connectivity index (χ4n) is 1.37. The van der Waals surface area contributed by atoms with Crippen LogP contribution in [0.5, 0.6) is 0 Å². The summed E-state index contributed by atoms with van der Waals surface area (Å²) in [6, 6.07) is 9.23. The third kappa shape index (κ3) is 2.95. The SMILES string of the molecule is CCOC(=O)c1n[nH]n(/N=C\c2ccccc2)c1=O. The van der Waals surface area contributed by atoms with Gasteiger partial charge in [0.25, 0.3) is 0 Å². The monoisotopic (exact) mass is 260 g/mol. The van der Waals surface area contributed by atoms with Crippen LogP contribution in [0.3, 0.4) is 0 Å². The van der Waals surface area contributed by atoms with Gasteiger partial charge in [-0.25, -0.2) is 4.79 Å². The topological polar surface area (TPSA) is 89.3 Å². The van der Waals surface area contributed by atoms with Gasteiger partial charge in [0.05, 0.1) is 12.8 Å². The first-order valence-corrected chi connectivity index (χ1v) is 5.66. The Balaban J connectivity index is 2.21. The summed E-state index contributed by atoms with van der Waals surface area (Å²) in [5.74, 6) is -0.766. The number of hydrogen-bond acceptors (Lipinski definition) is 5. The van der Waals surface area contributed by atoms with Crippen LogP contribution in [0.1, 0.15) is 23.0 Å². The Morgan fingerprint density at radius 2 is 2.21 bits per heavy atom. The second-order valence-corrected chi connectivity index (χ2v) is 3.55. The number of H-pyrrole nitrogens is 1. The lowest BCUT2D eigenvalue weighted by atomic mass is 10.2. The molecule has 1 aromatic carbocycles. The number of ether oxygens (including phenoxy) is 1. The van der Waals surface area contributed by atoms with Crippen molar-refractivity contribution in [3.63, 3.8) is 0 Å². The van der Waals surface area contributed by atoms with Crippen LogP contribution in [0.15, 0.2) is 40.2 Å². The molecular formula is C12H12N4O3. The Kier molecular flexibility index (Phi) is 3.87. The van der Waals surface area contributed by atoms with Gasteiger partial charge >= 0.3 is 11.5 Å². The third-order valence-corrected chi connectivity index (χ3v) is 2.24. The van der Waals surface area contributed by atoms with Crippen molar-refractivity contribution in [2.75, 3.05) is 6.61 Å². The lowest BCUT2D eigenvalue weighted by Crippen LogP contribution is -2.20. The van der Waals surface area contributed by atoms with Gasteiger partial charge in [-0.1, -0.05) is 30.3 Å². The molecule has 1 heterocycles. The highest BCUT2D eigenvalue weighted by Crippen LogP contribution is 1.94. The number of rotatable bonds is 4. The van der Waals surface area contributed by atoms with Crippen molar-refractivity contribution >= 4 is 12.2 Å². The van der Waals surface area contributed by atoms with Gasteiger partial charge in [-0.2, -0.15) is 10.3 Å². The van der Waals surface area contributed by atoms with Gasteiger partial charge in [0, 0.05) is 0 Å². The fraction of sp³-hybridized carbons (Fsp3) is 0.167. The Bertz CT molecular complexity index is 642. The van der Waals surface area contributed by atoms with Crippen LogP contribution in [0.2, 0.25) is 0 Å². The molecule has 0 aliphatic carbocycles. The van der Waals surface area contributed by atoms with E-state index >= 15 is 0 Å². The minimum Gasteiger partial charge on any atom is -0.461 e. The fourth-order valence-corrected chi connectivity index (χ4v) is 1.37. The number of hydrogen-bond donors (Lipinski definition) is 1. The third-order valence-electron chi connectivity index (χ3n) is 2.24. The largest absolute Gasteiger partial charge is 0.461 e. The normalized spacial score (nSPS) is 10.8. The highest BCUT2D eigenvalue weighted by atomic mass is 16.5. The second-order valence-electron chi connectivity index (χ2n) is 3.55. The number of esters is 1. The molecule has 2 rings (SSSR count). The highest BCUT2D eigenvalue weighted by molar-refractivity contribution is 5.86. The summed E-state index contributed by atoms with van der Waals surface area (Å²) in [5.41, 5.74) is -0.139. The lowest BCUT2D eigenvalue weighted by molar-refractivity contribution is 0.0517. The number of carbonyl (C=O) groups is 1. The average molecular weight is 260 g/mol. The van der Waals surface area contributed by atoms with Gasteiger partial charge in [0.15, 0.2) is 0 Å². The molecule has 0 atom stereocenters. The summed E-state index contributed by atoms with van der Waals surface area (Å²) in [4.78, 5) is 24.0. The van der Waals surface area contributed by atoms with Gasteiger partial charge < -0.3 is 4.74 Å². The van der Waals surface area contributed by atoms with Crippen molar-refractivity contribution in [3.05, 3.63) is 51.9 Å². The Hall–Kier alpha value is -2.70. The van der Waals surface area contributed by atoms with Gasteiger partial charge in [-0.3, -0.25) is 4.79 Å². The van der Waals surface area contributed by atoms with Crippen LogP contribution in [0.25, 0.3) is 0 Å². The number of aromatic amines is 1. The molecule has 1 aromatic heterocycles. The minimum absolute atomic E-state index is 0.179. The van der Waals surface area contributed by atoms with E-state index in [0.717, 1.165) is 10.4 Å². The van der Waals surface area contributed by atoms with E-state index < -0.39 is 11.5 Å². The van der Waals surface area contributed by atoms with Crippen molar-refractivity contribution in [1.82, 2.24) is 15.1 Å². The molecule has 0 aliphatic rings. The van der Waals surface area contributed by atoms with Crippen molar-refractivity contribution < 1.29 is 9.53 Å². The van der Waals surface area contributed by atoms with E-state index in [1.165, 1.54) is 6.21 Å². The van der Waals surface area contributed by atoms with Gasteiger partial charge in [0.2, 0.25) is 5.69 Å². The quantitative estimate of drug-likeness (QED) is 0.645. The summed E-state index contributed by atoms with van der Waals surface area (Å²) < 4.78 is 4.70. The molecule has 0 saturated carbocycles. The number of carbonyl (C=O) groups excluding carboxylic acids is 1. The summed E-state index contributed by atoms with van der Waals surface area (Å²) in [6.07, 6.45) is 1.48. The second kappa shape index (κ2) is 5.76. The molecule has 0 spiro atoms. The number of nitrogens with one attached hydrogen (secondary N) is 1. The minimum atomic E-state index is -0.766. The number of benzene rings is 1. The van der Waals surface area contributed by atoms with Gasteiger partial charge in [0.1, 0.15) is 0 Å². The molecule has 0 radical (unpaired) electrons. The zero-order valence-corrected chi connectivity index (χ0v) is 10.2. The van der Waals surface area contributed by atoms with Gasteiger partial charge in [-0.15, -0.1) is 9.89 Å². The molecule has 0 unspecified atom stereocenters. The summed E-state index contributed by atoms with van der Waals surface area (Å²) >= 11 is 0. The molecule has 0 amide bonds. The molecule has 7 heteroatoms. The van der Waals surface area contributed by atoms with E-state index in [0.29, 0.717) is 0 Å². The molecule has 1 N–H and O–H groups in total. The zero-order chi connectivity index (χ0) is 13.7. The smallest absolute Gasteiger partial charge is 0.364 e. The molecule has 0 saturated heterocycles. The van der Waals surface area contributed by atoms with Crippen LogP contribution in [0.4, 0.5) is 0 Å². The standard InChI is InChI=1S/C12H12N4O3/c1-2-19-12(18)10-11(17)16(15-14-10)13-8-9-6-4-3-5-7-9/h3-8,15H,2H2,1H3/b13-8-. The van der Waals surface area contributed by atoms with Crippen LogP contribution in [0, 0.1) is 0 Å². The van der Waals surface area contributed by atoms with Crippen LogP contribution < -0.4 is 5.56 Å². The first-order chi connectivity index (χ1) is 9.22. The predicted molar refractivity (Wildman–Crippen MR) is 68.2 cm³/mol. The number of nitrogens with zero attached hydrogens (tertiary/aromatic N) is 3. The molecule has 2 aromatic rings. The average Bonchev–Trinajstić information content (AvgIpc) is 2.79. The summed E-state index contributed by atoms with van der Waals surface area (Å²) in [7, 11) is 0. The Morgan fingerprint density at radius 1 is 1.47 bits per heavy atom. The maximum Gasteiger partial charge on any atom is 0.364 e. The predicted octanol–water partition coefficient (Wildman–Crippen LogP) is 0.630. The maximum absolute atomic E-state index is 11.8. The van der Waals surface area contributed by atoms with Crippen molar-refractivity contribution in [2.24, 2.45) is 5.10 Å².